The second-order valence-electron chi connectivity index (χ2n) is 5.88. The van der Waals surface area contributed by atoms with Crippen molar-refractivity contribution in [1.82, 2.24) is 19.6 Å². The van der Waals surface area contributed by atoms with Gasteiger partial charge in [-0.05, 0) is 32.9 Å². The van der Waals surface area contributed by atoms with Gasteiger partial charge < -0.3 is 4.74 Å². The summed E-state index contributed by atoms with van der Waals surface area (Å²) in [6, 6.07) is 7.54. The van der Waals surface area contributed by atoms with E-state index >= 15 is 0 Å². The number of rotatable bonds is 4. The van der Waals surface area contributed by atoms with Gasteiger partial charge in [0.2, 0.25) is 9.81 Å². The molecule has 3 rings (SSSR count). The Labute approximate surface area is 159 Å². The molecule has 0 saturated heterocycles. The van der Waals surface area contributed by atoms with E-state index in [1.807, 2.05) is 31.2 Å². The van der Waals surface area contributed by atoms with Crippen LogP contribution < -0.4 is 4.80 Å². The van der Waals surface area contributed by atoms with Gasteiger partial charge >= 0.3 is 5.97 Å². The summed E-state index contributed by atoms with van der Waals surface area (Å²) in [5, 5.41) is 8.59. The first-order valence-electron chi connectivity index (χ1n) is 8.32. The molecule has 140 valence electrons. The molecular formula is C18H19N5O3S. The predicted octanol–water partition coefficient (Wildman–Crippen LogP) is 2.20. The van der Waals surface area contributed by atoms with Crippen molar-refractivity contribution in [3.8, 4) is 5.69 Å². The Kier molecular flexibility index (Phi) is 5.31. The van der Waals surface area contributed by atoms with Crippen molar-refractivity contribution in [2.45, 2.75) is 20.8 Å². The number of nitrogens with zero attached hydrogens (tertiary/aromatic N) is 5. The Morgan fingerprint density at radius 1 is 1.19 bits per heavy atom. The molecule has 8 nitrogen and oxygen atoms in total. The van der Waals surface area contributed by atoms with E-state index in [1.54, 1.807) is 31.8 Å². The van der Waals surface area contributed by atoms with Crippen LogP contribution in [0.15, 0.2) is 35.5 Å². The number of hydrogen-bond acceptors (Lipinski definition) is 6. The number of carbonyl (C=O) groups excluding carboxylic acids is 2. The maximum atomic E-state index is 12.6. The summed E-state index contributed by atoms with van der Waals surface area (Å²) in [6.07, 6.45) is 1.62. The van der Waals surface area contributed by atoms with Crippen molar-refractivity contribution in [3.05, 3.63) is 57.1 Å². The van der Waals surface area contributed by atoms with E-state index in [2.05, 4.69) is 15.2 Å². The number of amides is 1. The summed E-state index contributed by atoms with van der Waals surface area (Å²) < 4.78 is 8.05. The Morgan fingerprint density at radius 3 is 2.48 bits per heavy atom. The van der Waals surface area contributed by atoms with E-state index in [0.29, 0.717) is 16.9 Å². The Balaban J connectivity index is 2.11. The Bertz CT molecular complexity index is 1060. The van der Waals surface area contributed by atoms with Crippen LogP contribution in [-0.2, 0) is 11.8 Å². The minimum absolute atomic E-state index is 0.131. The van der Waals surface area contributed by atoms with Crippen LogP contribution in [0.25, 0.3) is 5.69 Å². The monoisotopic (exact) mass is 385 g/mol. The van der Waals surface area contributed by atoms with Crippen molar-refractivity contribution >= 4 is 23.2 Å². The highest BCUT2D eigenvalue weighted by atomic mass is 32.1. The van der Waals surface area contributed by atoms with Crippen LogP contribution in [0.5, 0.6) is 0 Å². The topological polar surface area (TPSA) is 91.4 Å². The molecule has 0 N–H and O–H groups in total. The fourth-order valence-electron chi connectivity index (χ4n) is 2.44. The van der Waals surface area contributed by atoms with Crippen molar-refractivity contribution < 1.29 is 14.3 Å². The third kappa shape index (κ3) is 4.03. The number of benzene rings is 1. The number of esters is 1. The molecule has 0 aliphatic heterocycles. The zero-order valence-electron chi connectivity index (χ0n) is 15.5. The third-order valence-electron chi connectivity index (χ3n) is 3.73. The molecule has 0 bridgehead atoms. The number of aryl methyl sites for hydroxylation is 3. The lowest BCUT2D eigenvalue weighted by Gasteiger charge is -2.01. The summed E-state index contributed by atoms with van der Waals surface area (Å²) in [4.78, 5) is 29.2. The van der Waals surface area contributed by atoms with Crippen molar-refractivity contribution in [2.75, 3.05) is 6.61 Å². The van der Waals surface area contributed by atoms with Crippen LogP contribution in [0, 0.1) is 13.8 Å². The third-order valence-corrected chi connectivity index (χ3v) is 4.62. The van der Waals surface area contributed by atoms with Crippen LogP contribution in [0.1, 0.15) is 38.3 Å². The molecule has 3 aromatic rings. The fourth-order valence-corrected chi connectivity index (χ4v) is 3.24. The van der Waals surface area contributed by atoms with Crippen LogP contribution in [-0.4, -0.2) is 38.0 Å². The highest BCUT2D eigenvalue weighted by Gasteiger charge is 2.18. The van der Waals surface area contributed by atoms with Gasteiger partial charge in [-0.25, -0.2) is 9.48 Å². The van der Waals surface area contributed by atoms with E-state index in [4.69, 9.17) is 4.74 Å². The zero-order chi connectivity index (χ0) is 19.6. The molecule has 0 saturated carbocycles. The molecule has 9 heteroatoms. The van der Waals surface area contributed by atoms with Crippen LogP contribution in [0.2, 0.25) is 0 Å². The number of hydrogen-bond donors (Lipinski definition) is 0. The van der Waals surface area contributed by atoms with E-state index in [1.165, 1.54) is 4.68 Å². The second kappa shape index (κ2) is 7.67. The van der Waals surface area contributed by atoms with Crippen molar-refractivity contribution in [3.63, 3.8) is 0 Å². The molecule has 1 amide bonds. The zero-order valence-corrected chi connectivity index (χ0v) is 16.3. The smallest absolute Gasteiger partial charge is 0.369 e. The van der Waals surface area contributed by atoms with Gasteiger partial charge in [-0.1, -0.05) is 29.0 Å². The lowest BCUT2D eigenvalue weighted by Crippen LogP contribution is -2.17. The largest absolute Gasteiger partial charge is 0.461 e. The summed E-state index contributed by atoms with van der Waals surface area (Å²) in [5.41, 5.74) is 2.77. The lowest BCUT2D eigenvalue weighted by molar-refractivity contribution is 0.0524. The second-order valence-corrected chi connectivity index (χ2v) is 6.83. The molecule has 0 radical (unpaired) electrons. The van der Waals surface area contributed by atoms with Gasteiger partial charge in [-0.2, -0.15) is 10.1 Å². The average molecular weight is 385 g/mol. The van der Waals surface area contributed by atoms with Crippen molar-refractivity contribution in [1.29, 1.82) is 0 Å². The molecule has 0 aliphatic rings. The van der Waals surface area contributed by atoms with Crippen LogP contribution in [0.4, 0.5) is 0 Å². The summed E-state index contributed by atoms with van der Waals surface area (Å²) >= 11 is 1.00. The standard InChI is InChI=1S/C18H19N5O3S/c1-5-26-17(25)16-21-23(13-8-6-11(2)7-9-13)18(27-16)19-15(24)14-10-22(4)20-12(14)3/h6-10H,5H2,1-4H3. The highest BCUT2D eigenvalue weighted by molar-refractivity contribution is 7.10. The SMILES string of the molecule is CCOC(=O)c1nn(-c2ccc(C)cc2)c(=NC(=O)c2cn(C)nc2C)s1. The number of aromatic nitrogens is 4. The maximum absolute atomic E-state index is 12.6. The first kappa shape index (κ1) is 18.7. The van der Waals surface area contributed by atoms with E-state index in [-0.39, 0.29) is 16.4 Å². The average Bonchev–Trinajstić information content (AvgIpc) is 3.19. The minimum atomic E-state index is -0.546. The van der Waals surface area contributed by atoms with Crippen LogP contribution in [0.3, 0.4) is 0 Å². The molecule has 0 aliphatic carbocycles. The molecule has 0 fully saturated rings. The first-order valence-corrected chi connectivity index (χ1v) is 9.14. The van der Waals surface area contributed by atoms with E-state index < -0.39 is 11.9 Å². The predicted molar refractivity (Wildman–Crippen MR) is 100.0 cm³/mol. The van der Waals surface area contributed by atoms with E-state index in [0.717, 1.165) is 16.9 Å². The molecule has 0 spiro atoms. The maximum Gasteiger partial charge on any atom is 0.369 e. The fraction of sp³-hybridized carbons (Fsp3) is 0.278. The molecule has 2 aromatic heterocycles. The minimum Gasteiger partial charge on any atom is -0.461 e. The first-order chi connectivity index (χ1) is 12.9. The summed E-state index contributed by atoms with van der Waals surface area (Å²) in [6.45, 7) is 5.68. The van der Waals surface area contributed by atoms with Gasteiger partial charge in [-0.3, -0.25) is 9.48 Å². The van der Waals surface area contributed by atoms with Gasteiger partial charge in [0.25, 0.3) is 5.91 Å². The molecule has 1 aromatic carbocycles. The van der Waals surface area contributed by atoms with Gasteiger partial charge in [0.05, 0.1) is 23.6 Å². The van der Waals surface area contributed by atoms with Gasteiger partial charge in [0, 0.05) is 13.2 Å². The summed E-state index contributed by atoms with van der Waals surface area (Å²) in [7, 11) is 1.74. The number of ether oxygens (including phenoxy) is 1. The molecule has 0 unspecified atom stereocenters. The van der Waals surface area contributed by atoms with E-state index in [9.17, 15) is 9.59 Å². The highest BCUT2D eigenvalue weighted by Crippen LogP contribution is 2.11. The quantitative estimate of drug-likeness (QED) is 0.642. The molecule has 0 atom stereocenters. The molecule has 27 heavy (non-hydrogen) atoms. The summed E-state index contributed by atoms with van der Waals surface area (Å²) in [5.74, 6) is -0.990. The molecular weight excluding hydrogens is 366 g/mol. The van der Waals surface area contributed by atoms with Crippen molar-refractivity contribution in [2.24, 2.45) is 12.0 Å². The van der Waals surface area contributed by atoms with Crippen LogP contribution >= 0.6 is 11.3 Å². The normalized spacial score (nSPS) is 11.6. The lowest BCUT2D eigenvalue weighted by atomic mass is 10.2. The van der Waals surface area contributed by atoms with Gasteiger partial charge in [0.1, 0.15) is 0 Å². The molecule has 2 heterocycles. The van der Waals surface area contributed by atoms with Gasteiger partial charge in [-0.15, -0.1) is 5.10 Å². The Hall–Kier alpha value is -3.07. The number of carbonyl (C=O) groups is 2. The Morgan fingerprint density at radius 2 is 1.89 bits per heavy atom. The van der Waals surface area contributed by atoms with Gasteiger partial charge in [0.15, 0.2) is 0 Å².